The molecular formula is C14H27NS. The minimum atomic E-state index is 0.840. The highest BCUT2D eigenvalue weighted by atomic mass is 32.2. The first-order valence-corrected chi connectivity index (χ1v) is 8.42. The van der Waals surface area contributed by atoms with Crippen molar-refractivity contribution in [2.45, 2.75) is 63.8 Å². The second-order valence-corrected chi connectivity index (χ2v) is 6.71. The summed E-state index contributed by atoms with van der Waals surface area (Å²) >= 11 is 2.12. The van der Waals surface area contributed by atoms with Crippen LogP contribution in [0.3, 0.4) is 0 Å². The molecule has 1 aliphatic carbocycles. The maximum atomic E-state index is 3.75. The van der Waals surface area contributed by atoms with E-state index in [0.29, 0.717) is 0 Å². The maximum absolute atomic E-state index is 3.75. The third kappa shape index (κ3) is 4.67. The molecule has 0 unspecified atom stereocenters. The van der Waals surface area contributed by atoms with Crippen molar-refractivity contribution >= 4 is 11.8 Å². The molecule has 0 atom stereocenters. The number of hydrogen-bond acceptors (Lipinski definition) is 2. The Bertz CT molecular complexity index is 152. The highest BCUT2D eigenvalue weighted by molar-refractivity contribution is 7.99. The molecule has 0 aromatic heterocycles. The van der Waals surface area contributed by atoms with E-state index in [-0.39, 0.29) is 0 Å². The van der Waals surface area contributed by atoms with Crippen LogP contribution >= 0.6 is 11.8 Å². The van der Waals surface area contributed by atoms with E-state index in [0.717, 1.165) is 12.0 Å². The lowest BCUT2D eigenvalue weighted by Gasteiger charge is -2.24. The van der Waals surface area contributed by atoms with Gasteiger partial charge in [0.25, 0.3) is 0 Å². The molecule has 0 aromatic carbocycles. The van der Waals surface area contributed by atoms with Gasteiger partial charge in [0, 0.05) is 6.04 Å². The van der Waals surface area contributed by atoms with Gasteiger partial charge in [0.15, 0.2) is 0 Å². The van der Waals surface area contributed by atoms with E-state index in [2.05, 4.69) is 17.1 Å². The lowest BCUT2D eigenvalue weighted by molar-refractivity contribution is 0.326. The summed E-state index contributed by atoms with van der Waals surface area (Å²) in [6.45, 7) is 1.27. The van der Waals surface area contributed by atoms with Gasteiger partial charge in [-0.3, -0.25) is 0 Å². The van der Waals surface area contributed by atoms with Gasteiger partial charge in [-0.15, -0.1) is 0 Å². The summed E-state index contributed by atoms with van der Waals surface area (Å²) in [6.07, 6.45) is 13.2. The van der Waals surface area contributed by atoms with Crippen LogP contribution < -0.4 is 5.32 Å². The van der Waals surface area contributed by atoms with Crippen LogP contribution in [0.4, 0.5) is 0 Å². The van der Waals surface area contributed by atoms with Crippen molar-refractivity contribution in [2.24, 2.45) is 5.92 Å². The maximum Gasteiger partial charge on any atom is 0.00827 e. The fourth-order valence-corrected chi connectivity index (χ4v) is 4.18. The molecule has 1 saturated heterocycles. The summed E-state index contributed by atoms with van der Waals surface area (Å²) in [5.41, 5.74) is 0. The summed E-state index contributed by atoms with van der Waals surface area (Å²) in [7, 11) is 0. The number of rotatable bonds is 5. The van der Waals surface area contributed by atoms with Crippen molar-refractivity contribution in [1.82, 2.24) is 5.32 Å². The van der Waals surface area contributed by atoms with Gasteiger partial charge in [-0.2, -0.15) is 11.8 Å². The first-order chi connectivity index (χ1) is 7.95. The van der Waals surface area contributed by atoms with Crippen LogP contribution in [0, 0.1) is 5.92 Å². The summed E-state index contributed by atoms with van der Waals surface area (Å²) in [5.74, 6) is 3.82. The Hall–Kier alpha value is 0.310. The van der Waals surface area contributed by atoms with Crippen molar-refractivity contribution < 1.29 is 0 Å². The highest BCUT2D eigenvalue weighted by Crippen LogP contribution is 2.27. The Kier molecular flexibility index (Phi) is 6.06. The topological polar surface area (TPSA) is 12.0 Å². The average Bonchev–Trinajstić information content (AvgIpc) is 2.37. The Morgan fingerprint density at radius 3 is 2.44 bits per heavy atom. The normalized spacial score (nSPS) is 24.8. The van der Waals surface area contributed by atoms with Crippen molar-refractivity contribution in [3.05, 3.63) is 0 Å². The van der Waals surface area contributed by atoms with Crippen molar-refractivity contribution in [2.75, 3.05) is 18.1 Å². The van der Waals surface area contributed by atoms with Crippen LogP contribution in [0.2, 0.25) is 0 Å². The molecule has 2 aliphatic rings. The largest absolute Gasteiger partial charge is 0.314 e. The third-order valence-electron chi connectivity index (χ3n) is 4.17. The molecule has 2 rings (SSSR count). The first-order valence-electron chi connectivity index (χ1n) is 7.26. The quantitative estimate of drug-likeness (QED) is 0.734. The van der Waals surface area contributed by atoms with Crippen LogP contribution in [0.15, 0.2) is 0 Å². The van der Waals surface area contributed by atoms with Gasteiger partial charge in [0.1, 0.15) is 0 Å². The lowest BCUT2D eigenvalue weighted by atomic mass is 9.86. The van der Waals surface area contributed by atoms with Crippen molar-refractivity contribution in [1.29, 1.82) is 0 Å². The summed E-state index contributed by atoms with van der Waals surface area (Å²) < 4.78 is 0. The standard InChI is InChI=1S/C14H27NS/c1-2-5-13(6-3-1)7-4-10-15-14-8-11-16-12-9-14/h13-15H,1-12H2. The van der Waals surface area contributed by atoms with Gasteiger partial charge >= 0.3 is 0 Å². The Balaban J connectivity index is 1.47. The first kappa shape index (κ1) is 12.8. The Morgan fingerprint density at radius 2 is 1.69 bits per heavy atom. The van der Waals surface area contributed by atoms with Crippen LogP contribution in [-0.2, 0) is 0 Å². The molecule has 0 aromatic rings. The molecule has 1 aliphatic heterocycles. The van der Waals surface area contributed by atoms with Crippen LogP contribution in [0.1, 0.15) is 57.8 Å². The van der Waals surface area contributed by atoms with Crippen LogP contribution in [0.5, 0.6) is 0 Å². The molecule has 0 spiro atoms. The second kappa shape index (κ2) is 7.60. The zero-order chi connectivity index (χ0) is 11.1. The van der Waals surface area contributed by atoms with E-state index in [1.165, 1.54) is 75.8 Å². The van der Waals surface area contributed by atoms with Gasteiger partial charge < -0.3 is 5.32 Å². The fourth-order valence-electron chi connectivity index (χ4n) is 3.07. The average molecular weight is 241 g/mol. The van der Waals surface area contributed by atoms with Gasteiger partial charge in [-0.25, -0.2) is 0 Å². The molecule has 2 fully saturated rings. The molecule has 0 radical (unpaired) electrons. The van der Waals surface area contributed by atoms with E-state index >= 15 is 0 Å². The molecule has 1 N–H and O–H groups in total. The lowest BCUT2D eigenvalue weighted by Crippen LogP contribution is -2.33. The molecule has 1 nitrogen and oxygen atoms in total. The second-order valence-electron chi connectivity index (χ2n) is 5.49. The Labute approximate surface area is 105 Å². The van der Waals surface area contributed by atoms with E-state index in [1.807, 2.05) is 0 Å². The van der Waals surface area contributed by atoms with Gasteiger partial charge in [-0.05, 0) is 49.7 Å². The minimum absolute atomic E-state index is 0.840. The fraction of sp³-hybridized carbons (Fsp3) is 1.00. The number of thioether (sulfide) groups is 1. The number of hydrogen-bond donors (Lipinski definition) is 1. The summed E-state index contributed by atoms with van der Waals surface area (Å²) in [6, 6.07) is 0.840. The summed E-state index contributed by atoms with van der Waals surface area (Å²) in [5, 5.41) is 3.75. The molecule has 94 valence electrons. The predicted octanol–water partition coefficient (Wildman–Crippen LogP) is 3.83. The van der Waals surface area contributed by atoms with Gasteiger partial charge in [0.05, 0.1) is 0 Å². The molecular weight excluding hydrogens is 214 g/mol. The van der Waals surface area contributed by atoms with Crippen LogP contribution in [-0.4, -0.2) is 24.1 Å². The monoisotopic (exact) mass is 241 g/mol. The molecule has 1 heterocycles. The molecule has 16 heavy (non-hydrogen) atoms. The number of nitrogens with one attached hydrogen (secondary N) is 1. The predicted molar refractivity (Wildman–Crippen MR) is 74.2 cm³/mol. The van der Waals surface area contributed by atoms with Gasteiger partial charge in [-0.1, -0.05) is 32.1 Å². The highest BCUT2D eigenvalue weighted by Gasteiger charge is 2.14. The van der Waals surface area contributed by atoms with E-state index in [4.69, 9.17) is 0 Å². The van der Waals surface area contributed by atoms with E-state index < -0.39 is 0 Å². The zero-order valence-electron chi connectivity index (χ0n) is 10.5. The SMILES string of the molecule is C1CCC(CCCNC2CCSCC2)CC1. The van der Waals surface area contributed by atoms with Crippen molar-refractivity contribution in [3.8, 4) is 0 Å². The molecule has 2 heteroatoms. The van der Waals surface area contributed by atoms with E-state index in [1.54, 1.807) is 0 Å². The molecule has 0 bridgehead atoms. The van der Waals surface area contributed by atoms with Gasteiger partial charge in [0.2, 0.25) is 0 Å². The molecule has 1 saturated carbocycles. The smallest absolute Gasteiger partial charge is 0.00827 e. The minimum Gasteiger partial charge on any atom is -0.314 e. The Morgan fingerprint density at radius 1 is 0.938 bits per heavy atom. The van der Waals surface area contributed by atoms with Crippen molar-refractivity contribution in [3.63, 3.8) is 0 Å². The molecule has 0 amide bonds. The van der Waals surface area contributed by atoms with Crippen LogP contribution in [0.25, 0.3) is 0 Å². The summed E-state index contributed by atoms with van der Waals surface area (Å²) in [4.78, 5) is 0. The zero-order valence-corrected chi connectivity index (χ0v) is 11.4. The third-order valence-corrected chi connectivity index (χ3v) is 5.22. The van der Waals surface area contributed by atoms with E-state index in [9.17, 15) is 0 Å².